The molecular weight excluding hydrogens is 126 g/mol. The van der Waals surface area contributed by atoms with Crippen LogP contribution in [0, 0.1) is 0 Å². The molecule has 1 aliphatic rings. The molecule has 0 radical (unpaired) electrons. The maximum Gasteiger partial charge on any atom is 0.0279 e. The van der Waals surface area contributed by atoms with Crippen LogP contribution >= 0.6 is 0 Å². The molecule has 3 heteroatoms. The summed E-state index contributed by atoms with van der Waals surface area (Å²) < 4.78 is 0. The number of likely N-dealkylation sites (N-methyl/N-ethyl adjacent to an activating group) is 1. The largest absolute Gasteiger partial charge is 0.313 e. The first-order valence-electron chi connectivity index (χ1n) is 3.98. The van der Waals surface area contributed by atoms with E-state index in [0.29, 0.717) is 6.04 Å². The van der Waals surface area contributed by atoms with Gasteiger partial charge in [-0.2, -0.15) is 0 Å². The zero-order chi connectivity index (χ0) is 7.40. The van der Waals surface area contributed by atoms with Crippen LogP contribution in [0.5, 0.6) is 0 Å². The molecule has 0 aliphatic carbocycles. The Morgan fingerprint density at radius 1 is 1.60 bits per heavy atom. The van der Waals surface area contributed by atoms with Gasteiger partial charge in [0, 0.05) is 19.6 Å². The van der Waals surface area contributed by atoms with Gasteiger partial charge in [0.2, 0.25) is 0 Å². The molecule has 10 heavy (non-hydrogen) atoms. The van der Waals surface area contributed by atoms with Gasteiger partial charge in [-0.1, -0.05) is 6.42 Å². The van der Waals surface area contributed by atoms with E-state index in [1.165, 1.54) is 25.8 Å². The number of hydrazine groups is 1. The van der Waals surface area contributed by atoms with Gasteiger partial charge in [0.05, 0.1) is 0 Å². The van der Waals surface area contributed by atoms with Gasteiger partial charge < -0.3 is 5.32 Å². The Labute approximate surface area is 62.5 Å². The molecule has 1 atom stereocenters. The molecule has 1 unspecified atom stereocenters. The van der Waals surface area contributed by atoms with Crippen molar-refractivity contribution in [2.45, 2.75) is 25.3 Å². The average Bonchev–Trinajstić information content (AvgIpc) is 1.88. The minimum atomic E-state index is 0.628. The quantitative estimate of drug-likeness (QED) is 0.420. The fraction of sp³-hybridized carbons (Fsp3) is 1.00. The van der Waals surface area contributed by atoms with Crippen molar-refractivity contribution in [2.75, 3.05) is 20.1 Å². The van der Waals surface area contributed by atoms with Gasteiger partial charge in [-0.15, -0.1) is 0 Å². The summed E-state index contributed by atoms with van der Waals surface area (Å²) in [5.41, 5.74) is 0. The second-order valence-corrected chi connectivity index (χ2v) is 3.09. The first-order chi connectivity index (χ1) is 4.79. The highest BCUT2D eigenvalue weighted by Gasteiger charge is 2.12. The van der Waals surface area contributed by atoms with Crippen LogP contribution < -0.4 is 11.2 Å². The van der Waals surface area contributed by atoms with Crippen LogP contribution in [0.2, 0.25) is 0 Å². The van der Waals surface area contributed by atoms with Gasteiger partial charge in [-0.25, -0.2) is 5.01 Å². The molecule has 0 aromatic rings. The van der Waals surface area contributed by atoms with Crippen molar-refractivity contribution in [2.24, 2.45) is 5.84 Å². The van der Waals surface area contributed by atoms with E-state index in [-0.39, 0.29) is 0 Å². The second kappa shape index (κ2) is 3.91. The molecule has 0 saturated carbocycles. The normalized spacial score (nSPS) is 27.3. The maximum absolute atomic E-state index is 5.52. The molecule has 1 rings (SSSR count). The Morgan fingerprint density at radius 3 is 2.90 bits per heavy atom. The van der Waals surface area contributed by atoms with Crippen molar-refractivity contribution in [1.82, 2.24) is 10.3 Å². The Hall–Kier alpha value is -0.120. The van der Waals surface area contributed by atoms with Crippen molar-refractivity contribution in [3.63, 3.8) is 0 Å². The Bertz CT molecular complexity index is 86.9. The number of piperidine rings is 1. The van der Waals surface area contributed by atoms with Crippen molar-refractivity contribution >= 4 is 0 Å². The third-order valence-electron chi connectivity index (χ3n) is 1.92. The molecule has 0 aromatic carbocycles. The number of rotatable bonds is 2. The first-order valence-corrected chi connectivity index (χ1v) is 3.98. The van der Waals surface area contributed by atoms with Crippen LogP contribution in [0.15, 0.2) is 0 Å². The lowest BCUT2D eigenvalue weighted by molar-refractivity contribution is 0.268. The molecule has 0 spiro atoms. The Balaban J connectivity index is 2.13. The highest BCUT2D eigenvalue weighted by molar-refractivity contribution is 4.73. The van der Waals surface area contributed by atoms with Gasteiger partial charge in [-0.3, -0.25) is 5.84 Å². The summed E-state index contributed by atoms with van der Waals surface area (Å²) in [6.45, 7) is 2.14. The minimum absolute atomic E-state index is 0.628. The minimum Gasteiger partial charge on any atom is -0.313 e. The summed E-state index contributed by atoms with van der Waals surface area (Å²) >= 11 is 0. The van der Waals surface area contributed by atoms with Crippen LogP contribution in [-0.2, 0) is 0 Å². The number of nitrogens with one attached hydrogen (secondary N) is 1. The summed E-state index contributed by atoms with van der Waals surface area (Å²) in [6.07, 6.45) is 3.96. The zero-order valence-electron chi connectivity index (χ0n) is 6.64. The van der Waals surface area contributed by atoms with Gasteiger partial charge in [0.15, 0.2) is 0 Å². The third kappa shape index (κ3) is 2.64. The van der Waals surface area contributed by atoms with Gasteiger partial charge in [0.25, 0.3) is 0 Å². The first kappa shape index (κ1) is 7.98. The summed E-state index contributed by atoms with van der Waals surface area (Å²) in [5, 5.41) is 5.18. The standard InChI is InChI=1S/C7H17N3/c1-10(8)6-7-4-2-3-5-9-7/h7,9H,2-6,8H2,1H3. The highest BCUT2D eigenvalue weighted by atomic mass is 15.4. The molecule has 1 heterocycles. The van der Waals surface area contributed by atoms with E-state index in [2.05, 4.69) is 5.32 Å². The van der Waals surface area contributed by atoms with Crippen LogP contribution in [0.4, 0.5) is 0 Å². The van der Waals surface area contributed by atoms with E-state index in [9.17, 15) is 0 Å². The molecule has 3 N–H and O–H groups in total. The van der Waals surface area contributed by atoms with E-state index in [1.54, 1.807) is 5.01 Å². The lowest BCUT2D eigenvalue weighted by Gasteiger charge is -2.25. The Morgan fingerprint density at radius 2 is 2.40 bits per heavy atom. The fourth-order valence-electron chi connectivity index (χ4n) is 1.43. The second-order valence-electron chi connectivity index (χ2n) is 3.09. The van der Waals surface area contributed by atoms with E-state index in [0.717, 1.165) is 6.54 Å². The van der Waals surface area contributed by atoms with E-state index in [4.69, 9.17) is 5.84 Å². The molecule has 3 nitrogen and oxygen atoms in total. The van der Waals surface area contributed by atoms with Crippen molar-refractivity contribution < 1.29 is 0 Å². The molecule has 0 bridgehead atoms. The molecule has 1 aliphatic heterocycles. The average molecular weight is 143 g/mol. The van der Waals surface area contributed by atoms with Crippen LogP contribution in [-0.4, -0.2) is 31.2 Å². The summed E-state index contributed by atoms with van der Waals surface area (Å²) in [7, 11) is 1.91. The predicted octanol–water partition coefficient (Wildman–Crippen LogP) is -0.0660. The molecule has 0 amide bonds. The van der Waals surface area contributed by atoms with Crippen molar-refractivity contribution in [1.29, 1.82) is 0 Å². The molecule has 60 valence electrons. The number of hydrogen-bond acceptors (Lipinski definition) is 3. The monoisotopic (exact) mass is 143 g/mol. The number of hydrogen-bond donors (Lipinski definition) is 2. The fourth-order valence-corrected chi connectivity index (χ4v) is 1.43. The van der Waals surface area contributed by atoms with Crippen molar-refractivity contribution in [3.05, 3.63) is 0 Å². The van der Waals surface area contributed by atoms with E-state index < -0.39 is 0 Å². The lowest BCUT2D eigenvalue weighted by atomic mass is 10.1. The smallest absolute Gasteiger partial charge is 0.0279 e. The molecule has 1 saturated heterocycles. The van der Waals surface area contributed by atoms with Gasteiger partial charge >= 0.3 is 0 Å². The molecule has 0 aromatic heterocycles. The topological polar surface area (TPSA) is 41.3 Å². The molecule has 1 fully saturated rings. The maximum atomic E-state index is 5.52. The SMILES string of the molecule is CN(N)CC1CCCCN1. The summed E-state index contributed by atoms with van der Waals surface area (Å²) in [6, 6.07) is 0.628. The predicted molar refractivity (Wildman–Crippen MR) is 42.5 cm³/mol. The third-order valence-corrected chi connectivity index (χ3v) is 1.92. The van der Waals surface area contributed by atoms with Crippen LogP contribution in [0.1, 0.15) is 19.3 Å². The summed E-state index contributed by atoms with van der Waals surface area (Å²) in [5.74, 6) is 5.52. The lowest BCUT2D eigenvalue weighted by Crippen LogP contribution is -2.44. The summed E-state index contributed by atoms with van der Waals surface area (Å²) in [4.78, 5) is 0. The Kier molecular flexibility index (Phi) is 3.12. The van der Waals surface area contributed by atoms with Crippen LogP contribution in [0.3, 0.4) is 0 Å². The number of nitrogens with two attached hydrogens (primary N) is 1. The van der Waals surface area contributed by atoms with Crippen molar-refractivity contribution in [3.8, 4) is 0 Å². The highest BCUT2D eigenvalue weighted by Crippen LogP contribution is 2.06. The number of nitrogens with zero attached hydrogens (tertiary/aromatic N) is 1. The van der Waals surface area contributed by atoms with Gasteiger partial charge in [0.1, 0.15) is 0 Å². The van der Waals surface area contributed by atoms with E-state index in [1.807, 2.05) is 7.05 Å². The molecular formula is C7H17N3. The van der Waals surface area contributed by atoms with Gasteiger partial charge in [-0.05, 0) is 19.4 Å². The van der Waals surface area contributed by atoms with Crippen LogP contribution in [0.25, 0.3) is 0 Å². The zero-order valence-corrected chi connectivity index (χ0v) is 6.64. The van der Waals surface area contributed by atoms with E-state index >= 15 is 0 Å².